The standard InChI is InChI=1S/C25H39ClN7O/c1-31-15-13-20(14-16-31)33(3,19-9-7-5-6-8-10-19)25-29-23(27)28-24(30-25)32(2)18-11-12-22(34-4)21(26)17-18/h11-12,17,19-20H,5-10,13-16H2,1-4H3,(H2,27,28,29,30)/q+1. The first-order chi connectivity index (χ1) is 16.3. The predicted molar refractivity (Wildman–Crippen MR) is 140 cm³/mol. The molecule has 34 heavy (non-hydrogen) atoms. The van der Waals surface area contributed by atoms with Gasteiger partial charge in [0.15, 0.2) is 0 Å². The minimum absolute atomic E-state index is 0.261. The smallest absolute Gasteiger partial charge is 0.335 e. The summed E-state index contributed by atoms with van der Waals surface area (Å²) >= 11 is 6.39. The van der Waals surface area contributed by atoms with Crippen molar-refractivity contribution in [2.24, 2.45) is 0 Å². The molecule has 1 saturated carbocycles. The summed E-state index contributed by atoms with van der Waals surface area (Å²) in [5.41, 5.74) is 7.17. The monoisotopic (exact) mass is 488 g/mol. The molecule has 1 aliphatic heterocycles. The maximum Gasteiger partial charge on any atom is 0.335 e. The molecule has 1 unspecified atom stereocenters. The van der Waals surface area contributed by atoms with Crippen LogP contribution in [0.4, 0.5) is 23.5 Å². The van der Waals surface area contributed by atoms with E-state index in [0.29, 0.717) is 28.8 Å². The summed E-state index contributed by atoms with van der Waals surface area (Å²) in [6.07, 6.45) is 9.83. The third kappa shape index (κ3) is 5.09. The number of hydrogen-bond acceptors (Lipinski definition) is 7. The molecule has 2 aromatic rings. The number of aromatic nitrogens is 3. The van der Waals surface area contributed by atoms with Crippen molar-refractivity contribution in [3.8, 4) is 5.75 Å². The van der Waals surface area contributed by atoms with Gasteiger partial charge in [-0.1, -0.05) is 24.4 Å². The number of hydrogen-bond donors (Lipinski definition) is 1. The molecule has 1 aliphatic carbocycles. The second-order valence-electron chi connectivity index (χ2n) is 10.00. The highest BCUT2D eigenvalue weighted by Gasteiger charge is 2.46. The van der Waals surface area contributed by atoms with Crippen molar-refractivity contribution in [3.63, 3.8) is 0 Å². The van der Waals surface area contributed by atoms with E-state index in [0.717, 1.165) is 42.0 Å². The molecular weight excluding hydrogens is 450 g/mol. The second kappa shape index (κ2) is 10.6. The maximum atomic E-state index is 6.39. The van der Waals surface area contributed by atoms with Crippen LogP contribution in [0, 0.1) is 0 Å². The minimum atomic E-state index is 0.261. The van der Waals surface area contributed by atoms with Crippen LogP contribution in [0.2, 0.25) is 5.02 Å². The molecule has 8 nitrogen and oxygen atoms in total. The van der Waals surface area contributed by atoms with Crippen LogP contribution in [0.1, 0.15) is 51.4 Å². The topological polar surface area (TPSA) is 80.4 Å². The van der Waals surface area contributed by atoms with E-state index in [4.69, 9.17) is 32.0 Å². The molecule has 2 fully saturated rings. The Morgan fingerprint density at radius 2 is 1.68 bits per heavy atom. The number of quaternary nitrogens is 1. The van der Waals surface area contributed by atoms with Crippen LogP contribution in [0.3, 0.4) is 0 Å². The van der Waals surface area contributed by atoms with Gasteiger partial charge in [-0.25, -0.2) is 0 Å². The number of halogens is 1. The summed E-state index contributed by atoms with van der Waals surface area (Å²) in [6.45, 7) is 2.20. The zero-order chi connectivity index (χ0) is 24.3. The van der Waals surface area contributed by atoms with Gasteiger partial charge in [-0.05, 0) is 50.9 Å². The number of likely N-dealkylation sites (tertiary alicyclic amines) is 1. The fourth-order valence-corrected chi connectivity index (χ4v) is 5.92. The van der Waals surface area contributed by atoms with E-state index in [2.05, 4.69) is 24.0 Å². The lowest BCUT2D eigenvalue weighted by Crippen LogP contribution is -2.63. The molecule has 1 atom stereocenters. The molecule has 2 N–H and O–H groups in total. The van der Waals surface area contributed by atoms with E-state index < -0.39 is 0 Å². The average molecular weight is 489 g/mol. The number of nitrogen functional groups attached to an aromatic ring is 1. The van der Waals surface area contributed by atoms with Crippen molar-refractivity contribution in [1.82, 2.24) is 24.3 Å². The number of nitrogens with two attached hydrogens (primary N) is 1. The lowest BCUT2D eigenvalue weighted by atomic mass is 9.95. The summed E-state index contributed by atoms with van der Waals surface area (Å²) in [5, 5.41) is 0.541. The van der Waals surface area contributed by atoms with Gasteiger partial charge in [-0.2, -0.15) is 4.98 Å². The maximum absolute atomic E-state index is 6.39. The third-order valence-electron chi connectivity index (χ3n) is 7.91. The molecule has 1 saturated heterocycles. The van der Waals surface area contributed by atoms with E-state index in [-0.39, 0.29) is 5.95 Å². The van der Waals surface area contributed by atoms with Crippen molar-refractivity contribution < 1.29 is 4.74 Å². The van der Waals surface area contributed by atoms with Crippen LogP contribution in [0.5, 0.6) is 5.75 Å². The van der Waals surface area contributed by atoms with E-state index in [1.165, 1.54) is 38.5 Å². The Hall–Kier alpha value is -2.16. The molecule has 1 aromatic carbocycles. The minimum Gasteiger partial charge on any atom is -0.495 e. The van der Waals surface area contributed by atoms with Crippen LogP contribution in [0.25, 0.3) is 0 Å². The Morgan fingerprint density at radius 3 is 2.29 bits per heavy atom. The molecule has 4 rings (SSSR count). The van der Waals surface area contributed by atoms with Crippen molar-refractivity contribution in [2.75, 3.05) is 52.0 Å². The first-order valence-electron chi connectivity index (χ1n) is 12.5. The Bertz CT molecular complexity index is 974. The summed E-state index contributed by atoms with van der Waals surface area (Å²) in [5.74, 6) is 2.22. The van der Waals surface area contributed by atoms with Gasteiger partial charge in [0.05, 0.1) is 31.3 Å². The average Bonchev–Trinajstić information content (AvgIpc) is 3.13. The Labute approximate surface area is 208 Å². The van der Waals surface area contributed by atoms with Gasteiger partial charge in [0.25, 0.3) is 0 Å². The predicted octanol–water partition coefficient (Wildman–Crippen LogP) is 4.64. The molecule has 0 bridgehead atoms. The fourth-order valence-electron chi connectivity index (χ4n) is 5.66. The van der Waals surface area contributed by atoms with Crippen molar-refractivity contribution in [3.05, 3.63) is 23.2 Å². The van der Waals surface area contributed by atoms with Crippen molar-refractivity contribution in [1.29, 1.82) is 0 Å². The molecule has 186 valence electrons. The van der Waals surface area contributed by atoms with Crippen LogP contribution in [-0.2, 0) is 0 Å². The summed E-state index contributed by atoms with van der Waals surface area (Å²) in [7, 11) is 8.09. The number of rotatable bonds is 6. The van der Waals surface area contributed by atoms with E-state index in [1.54, 1.807) is 7.11 Å². The Balaban J connectivity index is 1.73. The molecule has 2 aliphatic rings. The fraction of sp³-hybridized carbons (Fsp3) is 0.640. The lowest BCUT2D eigenvalue weighted by molar-refractivity contribution is 0.0961. The number of benzene rings is 1. The lowest BCUT2D eigenvalue weighted by Gasteiger charge is -2.47. The van der Waals surface area contributed by atoms with E-state index >= 15 is 0 Å². The van der Waals surface area contributed by atoms with Crippen LogP contribution in [0.15, 0.2) is 18.2 Å². The highest BCUT2D eigenvalue weighted by molar-refractivity contribution is 6.32. The molecule has 0 radical (unpaired) electrons. The number of nitrogens with zero attached hydrogens (tertiary/aromatic N) is 6. The van der Waals surface area contributed by atoms with Crippen LogP contribution in [-0.4, -0.2) is 73.3 Å². The largest absolute Gasteiger partial charge is 0.495 e. The van der Waals surface area contributed by atoms with Crippen LogP contribution < -0.4 is 19.9 Å². The first-order valence-corrected chi connectivity index (χ1v) is 12.8. The number of anilines is 3. The number of methoxy groups -OCH3 is 1. The van der Waals surface area contributed by atoms with E-state index in [9.17, 15) is 0 Å². The molecule has 0 amide bonds. The van der Waals surface area contributed by atoms with Gasteiger partial charge in [-0.3, -0.25) is 4.48 Å². The number of ether oxygens (including phenoxy) is 1. The molecule has 1 aromatic heterocycles. The number of piperidine rings is 1. The quantitative estimate of drug-likeness (QED) is 0.468. The third-order valence-corrected chi connectivity index (χ3v) is 8.21. The highest BCUT2D eigenvalue weighted by atomic mass is 35.5. The highest BCUT2D eigenvalue weighted by Crippen LogP contribution is 2.37. The summed E-state index contributed by atoms with van der Waals surface area (Å²) in [6, 6.07) is 6.61. The molecule has 2 heterocycles. The van der Waals surface area contributed by atoms with Gasteiger partial charge in [0.1, 0.15) is 5.75 Å². The van der Waals surface area contributed by atoms with Crippen LogP contribution >= 0.6 is 11.6 Å². The molecular formula is C25H39ClN7O+. The second-order valence-corrected chi connectivity index (χ2v) is 10.4. The van der Waals surface area contributed by atoms with E-state index in [1.807, 2.05) is 30.1 Å². The summed E-state index contributed by atoms with van der Waals surface area (Å²) < 4.78 is 6.04. The molecule has 9 heteroatoms. The van der Waals surface area contributed by atoms with Crippen molar-refractivity contribution in [2.45, 2.75) is 63.5 Å². The molecule has 0 spiro atoms. The Morgan fingerprint density at radius 1 is 1.03 bits per heavy atom. The Kier molecular flexibility index (Phi) is 7.80. The van der Waals surface area contributed by atoms with Crippen molar-refractivity contribution >= 4 is 35.1 Å². The van der Waals surface area contributed by atoms with Gasteiger partial charge in [0, 0.05) is 38.7 Å². The van der Waals surface area contributed by atoms with Gasteiger partial charge >= 0.3 is 5.95 Å². The summed E-state index contributed by atoms with van der Waals surface area (Å²) in [4.78, 5) is 18.7. The zero-order valence-electron chi connectivity index (χ0n) is 21.0. The van der Waals surface area contributed by atoms with Gasteiger partial charge in [0.2, 0.25) is 11.9 Å². The zero-order valence-corrected chi connectivity index (χ0v) is 21.8. The normalized spacial score (nSPS) is 20.5. The van der Waals surface area contributed by atoms with Gasteiger partial charge in [-0.15, -0.1) is 9.97 Å². The first kappa shape index (κ1) is 24.9. The van der Waals surface area contributed by atoms with Gasteiger partial charge < -0.3 is 20.3 Å². The SMILES string of the molecule is COc1ccc(N(C)c2nc(N)nc([N+](C)(C3CCCCCC3)C3CCN(C)CC3)n2)cc1Cl.